The molecule has 1 aliphatic rings. The average molecular weight is 314 g/mol. The molecule has 1 fully saturated rings. The van der Waals surface area contributed by atoms with Crippen molar-refractivity contribution < 1.29 is 12.9 Å². The summed E-state index contributed by atoms with van der Waals surface area (Å²) in [7, 11) is -2.99. The molecule has 0 aliphatic carbocycles. The molecule has 3 rings (SSSR count). The molecule has 1 atom stereocenters. The Labute approximate surface area is 120 Å². The fraction of sp³-hybridized carbons (Fsp3) is 0.333. The Hall–Kier alpha value is -1.60. The third-order valence-electron chi connectivity index (χ3n) is 3.30. The number of sulfone groups is 1. The molecule has 0 saturated carbocycles. The molecule has 2 heterocycles. The maximum atomic E-state index is 11.5. The van der Waals surface area contributed by atoms with Crippen LogP contribution in [0.3, 0.4) is 0 Å². The first kappa shape index (κ1) is 13.4. The quantitative estimate of drug-likeness (QED) is 0.850. The van der Waals surface area contributed by atoms with Crippen LogP contribution in [0.2, 0.25) is 5.02 Å². The van der Waals surface area contributed by atoms with E-state index in [4.69, 9.17) is 21.9 Å². The van der Waals surface area contributed by atoms with Gasteiger partial charge in [-0.15, -0.1) is 0 Å². The van der Waals surface area contributed by atoms with Crippen LogP contribution in [0.15, 0.2) is 22.7 Å². The molecule has 1 unspecified atom stereocenters. The summed E-state index contributed by atoms with van der Waals surface area (Å²) < 4.78 is 28.1. The summed E-state index contributed by atoms with van der Waals surface area (Å²) in [4.78, 5) is 4.24. The maximum absolute atomic E-state index is 11.5. The fourth-order valence-corrected chi connectivity index (χ4v) is 4.27. The summed E-state index contributed by atoms with van der Waals surface area (Å²) in [5.74, 6) is 0.605. The topological polar surface area (TPSA) is 99.1 Å². The Balaban J connectivity index is 1.95. The van der Waals surface area contributed by atoms with E-state index in [1.165, 1.54) is 0 Å². The Kier molecular flexibility index (Phi) is 3.18. The van der Waals surface area contributed by atoms with Gasteiger partial charge in [0.05, 0.1) is 22.1 Å². The van der Waals surface area contributed by atoms with Gasteiger partial charge in [-0.3, -0.25) is 0 Å². The zero-order chi connectivity index (χ0) is 14.3. The van der Waals surface area contributed by atoms with Crippen molar-refractivity contribution in [2.24, 2.45) is 0 Å². The van der Waals surface area contributed by atoms with Gasteiger partial charge in [-0.1, -0.05) is 22.8 Å². The van der Waals surface area contributed by atoms with E-state index in [1.807, 2.05) is 0 Å². The van der Waals surface area contributed by atoms with Crippen LogP contribution in [0.25, 0.3) is 11.5 Å². The van der Waals surface area contributed by atoms with Crippen LogP contribution in [0.4, 0.5) is 5.69 Å². The van der Waals surface area contributed by atoms with Crippen LogP contribution in [0.1, 0.15) is 18.2 Å². The van der Waals surface area contributed by atoms with E-state index >= 15 is 0 Å². The molecule has 2 aromatic rings. The first-order valence-electron chi connectivity index (χ1n) is 6.05. The maximum Gasteiger partial charge on any atom is 0.261 e. The third-order valence-corrected chi connectivity index (χ3v) is 5.38. The zero-order valence-corrected chi connectivity index (χ0v) is 12.0. The molecule has 0 radical (unpaired) electrons. The SMILES string of the molecule is Nc1cccc(Cl)c1-c1nc(C2CCS(=O)(=O)C2)no1. The van der Waals surface area contributed by atoms with E-state index in [-0.39, 0.29) is 23.3 Å². The summed E-state index contributed by atoms with van der Waals surface area (Å²) in [6.45, 7) is 0. The summed E-state index contributed by atoms with van der Waals surface area (Å²) in [5, 5.41) is 4.27. The van der Waals surface area contributed by atoms with Gasteiger partial charge in [0.25, 0.3) is 5.89 Å². The van der Waals surface area contributed by atoms with Gasteiger partial charge in [0.15, 0.2) is 15.7 Å². The minimum atomic E-state index is -2.99. The average Bonchev–Trinajstić information content (AvgIpc) is 2.96. The van der Waals surface area contributed by atoms with E-state index in [0.717, 1.165) is 0 Å². The normalized spacial score (nSPS) is 21.1. The minimum absolute atomic E-state index is 0.0595. The largest absolute Gasteiger partial charge is 0.398 e. The van der Waals surface area contributed by atoms with E-state index in [2.05, 4.69) is 10.1 Å². The Morgan fingerprint density at radius 1 is 1.40 bits per heavy atom. The van der Waals surface area contributed by atoms with Crippen LogP contribution >= 0.6 is 11.6 Å². The number of nitrogens with two attached hydrogens (primary N) is 1. The summed E-state index contributed by atoms with van der Waals surface area (Å²) in [6, 6.07) is 5.09. The van der Waals surface area contributed by atoms with Crippen LogP contribution in [0.5, 0.6) is 0 Å². The van der Waals surface area contributed by atoms with Crippen molar-refractivity contribution in [2.45, 2.75) is 12.3 Å². The Morgan fingerprint density at radius 2 is 2.20 bits per heavy atom. The van der Waals surface area contributed by atoms with E-state index < -0.39 is 9.84 Å². The summed E-state index contributed by atoms with van der Waals surface area (Å²) >= 11 is 6.07. The molecule has 1 aliphatic heterocycles. The lowest BCUT2D eigenvalue weighted by Crippen LogP contribution is -2.05. The molecule has 0 bridgehead atoms. The highest BCUT2D eigenvalue weighted by Crippen LogP contribution is 2.34. The van der Waals surface area contributed by atoms with Crippen molar-refractivity contribution in [1.29, 1.82) is 0 Å². The molecule has 2 N–H and O–H groups in total. The predicted octanol–water partition coefficient (Wildman–Crippen LogP) is 1.87. The Bertz CT molecular complexity index is 737. The molecule has 8 heteroatoms. The standard InChI is InChI=1S/C12H12ClN3O3S/c13-8-2-1-3-9(14)10(8)12-15-11(16-19-12)7-4-5-20(17,18)6-7/h1-3,7H,4-6,14H2. The monoisotopic (exact) mass is 313 g/mol. The first-order valence-corrected chi connectivity index (χ1v) is 8.24. The van der Waals surface area contributed by atoms with Gasteiger partial charge in [-0.05, 0) is 18.6 Å². The molecule has 106 valence electrons. The lowest BCUT2D eigenvalue weighted by atomic mass is 10.1. The van der Waals surface area contributed by atoms with E-state index in [0.29, 0.717) is 28.5 Å². The zero-order valence-electron chi connectivity index (χ0n) is 10.4. The van der Waals surface area contributed by atoms with Crippen LogP contribution < -0.4 is 5.73 Å². The number of rotatable bonds is 2. The number of hydrogen-bond acceptors (Lipinski definition) is 6. The van der Waals surface area contributed by atoms with Crippen molar-refractivity contribution in [3.8, 4) is 11.5 Å². The van der Waals surface area contributed by atoms with Crippen LogP contribution in [0, 0.1) is 0 Å². The Morgan fingerprint density at radius 3 is 2.85 bits per heavy atom. The van der Waals surface area contributed by atoms with Crippen LogP contribution in [-0.2, 0) is 9.84 Å². The summed E-state index contributed by atoms with van der Waals surface area (Å²) in [6.07, 6.45) is 0.513. The molecule has 1 aromatic carbocycles. The number of halogens is 1. The van der Waals surface area contributed by atoms with Gasteiger partial charge in [-0.2, -0.15) is 4.98 Å². The van der Waals surface area contributed by atoms with Gasteiger partial charge in [-0.25, -0.2) is 8.42 Å². The van der Waals surface area contributed by atoms with Gasteiger partial charge < -0.3 is 10.3 Å². The lowest BCUT2D eigenvalue weighted by Gasteiger charge is -2.02. The molecule has 0 spiro atoms. The number of aromatic nitrogens is 2. The lowest BCUT2D eigenvalue weighted by molar-refractivity contribution is 0.418. The highest BCUT2D eigenvalue weighted by molar-refractivity contribution is 7.91. The predicted molar refractivity (Wildman–Crippen MR) is 75.2 cm³/mol. The molecule has 0 amide bonds. The second kappa shape index (κ2) is 4.75. The van der Waals surface area contributed by atoms with Gasteiger partial charge in [0.1, 0.15) is 0 Å². The van der Waals surface area contributed by atoms with Gasteiger partial charge in [0.2, 0.25) is 0 Å². The number of hydrogen-bond donors (Lipinski definition) is 1. The number of anilines is 1. The van der Waals surface area contributed by atoms with Gasteiger partial charge in [0, 0.05) is 11.6 Å². The smallest absolute Gasteiger partial charge is 0.261 e. The molecular weight excluding hydrogens is 302 g/mol. The molecule has 20 heavy (non-hydrogen) atoms. The highest BCUT2D eigenvalue weighted by atomic mass is 35.5. The van der Waals surface area contributed by atoms with Crippen molar-refractivity contribution >= 4 is 27.1 Å². The van der Waals surface area contributed by atoms with Crippen LogP contribution in [-0.4, -0.2) is 30.1 Å². The van der Waals surface area contributed by atoms with E-state index in [1.54, 1.807) is 18.2 Å². The van der Waals surface area contributed by atoms with Gasteiger partial charge >= 0.3 is 0 Å². The fourth-order valence-electron chi connectivity index (χ4n) is 2.27. The highest BCUT2D eigenvalue weighted by Gasteiger charge is 2.32. The van der Waals surface area contributed by atoms with Crippen molar-refractivity contribution in [3.63, 3.8) is 0 Å². The van der Waals surface area contributed by atoms with E-state index in [9.17, 15) is 8.42 Å². The third kappa shape index (κ3) is 2.38. The molecule has 6 nitrogen and oxygen atoms in total. The summed E-state index contributed by atoms with van der Waals surface area (Å²) in [5.41, 5.74) is 6.77. The molecule has 1 saturated heterocycles. The molecule has 1 aromatic heterocycles. The second-order valence-electron chi connectivity index (χ2n) is 4.76. The number of nitrogens with zero attached hydrogens (tertiary/aromatic N) is 2. The van der Waals surface area contributed by atoms with Crippen molar-refractivity contribution in [1.82, 2.24) is 10.1 Å². The number of benzene rings is 1. The minimum Gasteiger partial charge on any atom is -0.398 e. The van der Waals surface area contributed by atoms with Crippen molar-refractivity contribution in [2.75, 3.05) is 17.2 Å². The van der Waals surface area contributed by atoms with Crippen molar-refractivity contribution in [3.05, 3.63) is 29.0 Å². The second-order valence-corrected chi connectivity index (χ2v) is 7.40. The molecular formula is C12H12ClN3O3S. The number of nitrogen functional groups attached to an aromatic ring is 1. The first-order chi connectivity index (χ1) is 9.46.